The standard InChI is InChI=1S/C14H15N5O3/c1-9-6-19-7-10(3-4-12(19)16-9)14(20)15-5-11-17-13(8-21-2)22-18-11/h3-4,6-7H,5,8H2,1-2H3,(H,15,20). The summed E-state index contributed by atoms with van der Waals surface area (Å²) >= 11 is 0. The van der Waals surface area contributed by atoms with Crippen LogP contribution in [0.1, 0.15) is 27.8 Å². The van der Waals surface area contributed by atoms with E-state index in [1.807, 2.05) is 17.5 Å². The molecule has 0 aromatic carbocycles. The second-order valence-electron chi connectivity index (χ2n) is 4.79. The quantitative estimate of drug-likeness (QED) is 0.758. The lowest BCUT2D eigenvalue weighted by atomic mass is 10.2. The highest BCUT2D eigenvalue weighted by Gasteiger charge is 2.10. The fraction of sp³-hybridized carbons (Fsp3) is 0.286. The molecule has 0 radical (unpaired) electrons. The molecule has 0 aliphatic carbocycles. The van der Waals surface area contributed by atoms with Gasteiger partial charge in [0.2, 0.25) is 0 Å². The summed E-state index contributed by atoms with van der Waals surface area (Å²) in [6.45, 7) is 2.34. The van der Waals surface area contributed by atoms with Crippen molar-refractivity contribution in [3.05, 3.63) is 47.5 Å². The maximum absolute atomic E-state index is 12.1. The van der Waals surface area contributed by atoms with Gasteiger partial charge in [0.1, 0.15) is 12.3 Å². The minimum Gasteiger partial charge on any atom is -0.375 e. The molecule has 3 rings (SSSR count). The summed E-state index contributed by atoms with van der Waals surface area (Å²) in [4.78, 5) is 20.5. The SMILES string of the molecule is COCc1nc(CNC(=O)c2ccc3nc(C)cn3c2)no1. The Morgan fingerprint density at radius 1 is 1.36 bits per heavy atom. The molecule has 0 atom stereocenters. The van der Waals surface area contributed by atoms with Crippen LogP contribution in [0.2, 0.25) is 0 Å². The van der Waals surface area contributed by atoms with Crippen LogP contribution >= 0.6 is 0 Å². The molecule has 0 saturated carbocycles. The first kappa shape index (κ1) is 14.2. The Labute approximate surface area is 126 Å². The molecule has 8 heteroatoms. The van der Waals surface area contributed by atoms with Crippen molar-refractivity contribution in [2.45, 2.75) is 20.1 Å². The predicted molar refractivity (Wildman–Crippen MR) is 76.1 cm³/mol. The number of ether oxygens (including phenoxy) is 1. The Hall–Kier alpha value is -2.74. The van der Waals surface area contributed by atoms with Crippen LogP contribution in [-0.2, 0) is 17.9 Å². The van der Waals surface area contributed by atoms with Crippen LogP contribution < -0.4 is 5.32 Å². The number of carbonyl (C=O) groups excluding carboxylic acids is 1. The smallest absolute Gasteiger partial charge is 0.253 e. The number of hydrogen-bond acceptors (Lipinski definition) is 6. The van der Waals surface area contributed by atoms with Crippen molar-refractivity contribution in [2.75, 3.05) is 7.11 Å². The maximum Gasteiger partial charge on any atom is 0.253 e. The Bertz CT molecular complexity index is 808. The van der Waals surface area contributed by atoms with Crippen LogP contribution in [0.3, 0.4) is 0 Å². The first-order valence-corrected chi connectivity index (χ1v) is 6.69. The first-order valence-electron chi connectivity index (χ1n) is 6.69. The van der Waals surface area contributed by atoms with Gasteiger partial charge in [0.25, 0.3) is 11.8 Å². The van der Waals surface area contributed by atoms with E-state index >= 15 is 0 Å². The molecule has 0 bridgehead atoms. The number of methoxy groups -OCH3 is 1. The molecule has 3 aromatic heterocycles. The predicted octanol–water partition coefficient (Wildman–Crippen LogP) is 1.10. The van der Waals surface area contributed by atoms with Gasteiger partial charge in [0.15, 0.2) is 5.82 Å². The van der Waals surface area contributed by atoms with Crippen molar-refractivity contribution in [3.8, 4) is 0 Å². The van der Waals surface area contributed by atoms with E-state index in [0.29, 0.717) is 17.3 Å². The summed E-state index contributed by atoms with van der Waals surface area (Å²) in [6, 6.07) is 3.52. The van der Waals surface area contributed by atoms with Gasteiger partial charge in [0.05, 0.1) is 17.8 Å². The van der Waals surface area contributed by atoms with Gasteiger partial charge < -0.3 is 19.0 Å². The number of aromatic nitrogens is 4. The number of fused-ring (bicyclic) bond motifs is 1. The van der Waals surface area contributed by atoms with Crippen molar-refractivity contribution in [1.82, 2.24) is 24.8 Å². The van der Waals surface area contributed by atoms with Crippen molar-refractivity contribution in [1.29, 1.82) is 0 Å². The minimum absolute atomic E-state index is 0.188. The van der Waals surface area contributed by atoms with Gasteiger partial charge >= 0.3 is 0 Å². The normalized spacial score (nSPS) is 11.0. The molecule has 0 aliphatic heterocycles. The van der Waals surface area contributed by atoms with Gasteiger partial charge in [-0.15, -0.1) is 0 Å². The third-order valence-corrected chi connectivity index (χ3v) is 3.02. The molecular weight excluding hydrogens is 286 g/mol. The number of hydrogen-bond donors (Lipinski definition) is 1. The Morgan fingerprint density at radius 3 is 3.05 bits per heavy atom. The first-order chi connectivity index (χ1) is 10.7. The highest BCUT2D eigenvalue weighted by Crippen LogP contribution is 2.07. The lowest BCUT2D eigenvalue weighted by Crippen LogP contribution is -2.23. The van der Waals surface area contributed by atoms with Crippen LogP contribution in [0.4, 0.5) is 0 Å². The van der Waals surface area contributed by atoms with Crippen LogP contribution in [0.5, 0.6) is 0 Å². The fourth-order valence-electron chi connectivity index (χ4n) is 2.06. The van der Waals surface area contributed by atoms with Crippen LogP contribution in [0, 0.1) is 6.92 Å². The Balaban J connectivity index is 1.67. The number of nitrogens with one attached hydrogen (secondary N) is 1. The Morgan fingerprint density at radius 2 is 2.23 bits per heavy atom. The second kappa shape index (κ2) is 5.94. The molecule has 3 heterocycles. The molecule has 0 aliphatic rings. The summed E-state index contributed by atoms with van der Waals surface area (Å²) in [7, 11) is 1.54. The third kappa shape index (κ3) is 2.96. The molecule has 0 fully saturated rings. The van der Waals surface area contributed by atoms with Gasteiger partial charge in [-0.05, 0) is 19.1 Å². The lowest BCUT2D eigenvalue weighted by molar-refractivity contribution is 0.0949. The number of rotatable bonds is 5. The number of amides is 1. The average molecular weight is 301 g/mol. The van der Waals surface area contributed by atoms with Crippen molar-refractivity contribution < 1.29 is 14.1 Å². The topological polar surface area (TPSA) is 94.5 Å². The highest BCUT2D eigenvalue weighted by atomic mass is 16.5. The number of carbonyl (C=O) groups is 1. The number of nitrogens with zero attached hydrogens (tertiary/aromatic N) is 4. The van der Waals surface area contributed by atoms with Crippen LogP contribution in [-0.4, -0.2) is 32.5 Å². The summed E-state index contributed by atoms with van der Waals surface area (Å²) in [6.07, 6.45) is 3.60. The van der Waals surface area contributed by atoms with Gasteiger partial charge in [-0.3, -0.25) is 4.79 Å². The van der Waals surface area contributed by atoms with E-state index < -0.39 is 0 Å². The second-order valence-corrected chi connectivity index (χ2v) is 4.79. The lowest BCUT2D eigenvalue weighted by Gasteiger charge is -2.03. The molecule has 0 unspecified atom stereocenters. The molecule has 1 amide bonds. The molecule has 3 aromatic rings. The van der Waals surface area contributed by atoms with Crippen molar-refractivity contribution in [3.63, 3.8) is 0 Å². The summed E-state index contributed by atoms with van der Waals surface area (Å²) in [5, 5.41) is 6.50. The van der Waals surface area contributed by atoms with E-state index in [1.54, 1.807) is 25.4 Å². The zero-order valence-corrected chi connectivity index (χ0v) is 12.2. The molecule has 114 valence electrons. The van der Waals surface area contributed by atoms with Crippen molar-refractivity contribution in [2.24, 2.45) is 0 Å². The molecular formula is C14H15N5O3. The maximum atomic E-state index is 12.1. The Kier molecular flexibility index (Phi) is 3.84. The summed E-state index contributed by atoms with van der Waals surface area (Å²) in [5.74, 6) is 0.563. The van der Waals surface area contributed by atoms with Gasteiger partial charge in [-0.25, -0.2) is 4.98 Å². The summed E-state index contributed by atoms with van der Waals surface area (Å²) in [5.41, 5.74) is 2.23. The van der Waals surface area contributed by atoms with Crippen molar-refractivity contribution >= 4 is 11.6 Å². The van der Waals surface area contributed by atoms with E-state index in [1.165, 1.54) is 0 Å². The third-order valence-electron chi connectivity index (χ3n) is 3.02. The highest BCUT2D eigenvalue weighted by molar-refractivity contribution is 5.94. The average Bonchev–Trinajstić information content (AvgIpc) is 3.09. The zero-order valence-electron chi connectivity index (χ0n) is 12.2. The number of imidazole rings is 1. The summed E-state index contributed by atoms with van der Waals surface area (Å²) < 4.78 is 11.7. The van der Waals surface area contributed by atoms with Gasteiger partial charge in [0, 0.05) is 19.5 Å². The fourth-order valence-corrected chi connectivity index (χ4v) is 2.06. The zero-order chi connectivity index (χ0) is 15.5. The van der Waals surface area contributed by atoms with E-state index in [2.05, 4.69) is 20.4 Å². The minimum atomic E-state index is -0.216. The van der Waals surface area contributed by atoms with Crippen LogP contribution in [0.15, 0.2) is 29.0 Å². The van der Waals surface area contributed by atoms with E-state index in [-0.39, 0.29) is 19.1 Å². The molecule has 1 N–H and O–H groups in total. The molecule has 22 heavy (non-hydrogen) atoms. The monoisotopic (exact) mass is 301 g/mol. The molecule has 0 spiro atoms. The largest absolute Gasteiger partial charge is 0.375 e. The van der Waals surface area contributed by atoms with E-state index in [0.717, 1.165) is 11.3 Å². The number of aryl methyl sites for hydroxylation is 1. The molecule has 0 saturated heterocycles. The molecule has 8 nitrogen and oxygen atoms in total. The van der Waals surface area contributed by atoms with Gasteiger partial charge in [-0.2, -0.15) is 4.98 Å². The van der Waals surface area contributed by atoms with E-state index in [9.17, 15) is 4.79 Å². The van der Waals surface area contributed by atoms with Gasteiger partial charge in [-0.1, -0.05) is 5.16 Å². The number of pyridine rings is 1. The van der Waals surface area contributed by atoms with Crippen LogP contribution in [0.25, 0.3) is 5.65 Å². The van der Waals surface area contributed by atoms with E-state index in [4.69, 9.17) is 9.26 Å².